The van der Waals surface area contributed by atoms with Crippen molar-refractivity contribution in [1.82, 2.24) is 0 Å². The second-order valence-corrected chi connectivity index (χ2v) is 5.12. The Morgan fingerprint density at radius 1 is 1.23 bits per heavy atom. The van der Waals surface area contributed by atoms with Gasteiger partial charge in [-0.15, -0.1) is 0 Å². The maximum absolute atomic E-state index is 12.4. The molecule has 0 saturated carbocycles. The lowest BCUT2D eigenvalue weighted by molar-refractivity contribution is 0.102. The molecule has 0 bridgehead atoms. The van der Waals surface area contributed by atoms with Crippen LogP contribution in [0, 0.1) is 13.8 Å². The Hall–Kier alpha value is -2.33. The molecule has 0 spiro atoms. The van der Waals surface area contributed by atoms with Crippen LogP contribution in [-0.2, 0) is 6.61 Å². The molecule has 2 rings (SSSR count). The number of rotatable bonds is 5. The minimum Gasteiger partial charge on any atom is -0.494 e. The van der Waals surface area contributed by atoms with Gasteiger partial charge in [-0.25, -0.2) is 0 Å². The van der Waals surface area contributed by atoms with E-state index >= 15 is 0 Å². The van der Waals surface area contributed by atoms with Crippen molar-refractivity contribution in [2.45, 2.75) is 27.4 Å². The Kier molecular flexibility index (Phi) is 5.17. The van der Waals surface area contributed by atoms with Crippen LogP contribution < -0.4 is 10.1 Å². The molecule has 0 aliphatic rings. The number of benzene rings is 2. The van der Waals surface area contributed by atoms with Crippen molar-refractivity contribution < 1.29 is 14.6 Å². The highest BCUT2D eigenvalue weighted by Gasteiger charge is 2.11. The average molecular weight is 299 g/mol. The fraction of sp³-hybridized carbons (Fsp3) is 0.278. The van der Waals surface area contributed by atoms with E-state index in [1.807, 2.05) is 32.9 Å². The van der Waals surface area contributed by atoms with Crippen LogP contribution in [0.4, 0.5) is 5.69 Å². The second kappa shape index (κ2) is 7.09. The molecule has 0 aliphatic carbocycles. The third-order valence-electron chi connectivity index (χ3n) is 3.64. The molecule has 0 fully saturated rings. The van der Waals surface area contributed by atoms with Gasteiger partial charge >= 0.3 is 0 Å². The van der Waals surface area contributed by atoms with Crippen LogP contribution >= 0.6 is 0 Å². The van der Waals surface area contributed by atoms with E-state index in [1.54, 1.807) is 24.3 Å². The maximum atomic E-state index is 12.4. The summed E-state index contributed by atoms with van der Waals surface area (Å²) in [6.45, 7) is 6.19. The van der Waals surface area contributed by atoms with Crippen molar-refractivity contribution >= 4 is 11.6 Å². The van der Waals surface area contributed by atoms with Gasteiger partial charge in [-0.1, -0.05) is 12.1 Å². The summed E-state index contributed by atoms with van der Waals surface area (Å²) in [6.07, 6.45) is 0. The first-order chi connectivity index (χ1) is 10.6. The summed E-state index contributed by atoms with van der Waals surface area (Å²) in [5.41, 5.74) is 3.99. The van der Waals surface area contributed by atoms with E-state index in [2.05, 4.69) is 5.32 Å². The quantitative estimate of drug-likeness (QED) is 0.889. The SMILES string of the molecule is CCOc1ccc(NC(=O)c2cccc(C)c2C)cc1CO. The molecule has 4 nitrogen and oxygen atoms in total. The number of aryl methyl sites for hydroxylation is 1. The van der Waals surface area contributed by atoms with E-state index in [0.29, 0.717) is 29.2 Å². The Bertz CT molecular complexity index is 680. The number of aliphatic hydroxyl groups excluding tert-OH is 1. The first-order valence-electron chi connectivity index (χ1n) is 7.31. The minimum atomic E-state index is -0.158. The van der Waals surface area contributed by atoms with Crippen LogP contribution in [0.1, 0.15) is 34.0 Å². The predicted molar refractivity (Wildman–Crippen MR) is 87.4 cm³/mol. The number of aliphatic hydroxyl groups is 1. The zero-order chi connectivity index (χ0) is 16.1. The zero-order valence-corrected chi connectivity index (χ0v) is 13.1. The Morgan fingerprint density at radius 2 is 2.00 bits per heavy atom. The van der Waals surface area contributed by atoms with E-state index in [0.717, 1.165) is 11.1 Å². The fourth-order valence-electron chi connectivity index (χ4n) is 2.27. The van der Waals surface area contributed by atoms with Crippen LogP contribution in [-0.4, -0.2) is 17.6 Å². The van der Waals surface area contributed by atoms with Crippen molar-refractivity contribution in [2.24, 2.45) is 0 Å². The van der Waals surface area contributed by atoms with E-state index in [9.17, 15) is 9.90 Å². The number of hydrogen-bond acceptors (Lipinski definition) is 3. The minimum absolute atomic E-state index is 0.136. The first kappa shape index (κ1) is 16.0. The Labute approximate surface area is 130 Å². The van der Waals surface area contributed by atoms with Gasteiger partial charge in [0.1, 0.15) is 5.75 Å². The van der Waals surface area contributed by atoms with Crippen molar-refractivity contribution in [3.8, 4) is 5.75 Å². The standard InChI is InChI=1S/C18H21NO3/c1-4-22-17-9-8-15(10-14(17)11-20)19-18(21)16-7-5-6-12(2)13(16)3/h5-10,20H,4,11H2,1-3H3,(H,19,21). The van der Waals surface area contributed by atoms with Gasteiger partial charge in [-0.3, -0.25) is 4.79 Å². The molecule has 0 unspecified atom stereocenters. The molecule has 0 aliphatic heterocycles. The topological polar surface area (TPSA) is 58.6 Å². The predicted octanol–water partition coefficient (Wildman–Crippen LogP) is 3.45. The van der Waals surface area contributed by atoms with Crippen LogP contribution in [0.15, 0.2) is 36.4 Å². The molecule has 2 aromatic carbocycles. The number of ether oxygens (including phenoxy) is 1. The summed E-state index contributed by atoms with van der Waals surface area (Å²) in [4.78, 5) is 12.4. The lowest BCUT2D eigenvalue weighted by Crippen LogP contribution is -2.14. The lowest BCUT2D eigenvalue weighted by atomic mass is 10.0. The summed E-state index contributed by atoms with van der Waals surface area (Å²) < 4.78 is 5.43. The molecular formula is C18H21NO3. The van der Waals surface area contributed by atoms with Crippen molar-refractivity contribution in [3.05, 3.63) is 58.7 Å². The van der Waals surface area contributed by atoms with E-state index in [1.165, 1.54) is 0 Å². The highest BCUT2D eigenvalue weighted by atomic mass is 16.5. The van der Waals surface area contributed by atoms with Crippen LogP contribution in [0.5, 0.6) is 5.75 Å². The molecule has 2 aromatic rings. The third kappa shape index (κ3) is 3.46. The Balaban J connectivity index is 2.23. The van der Waals surface area contributed by atoms with Crippen LogP contribution in [0.2, 0.25) is 0 Å². The third-order valence-corrected chi connectivity index (χ3v) is 3.64. The summed E-state index contributed by atoms with van der Waals surface area (Å²) in [5, 5.41) is 12.3. The largest absolute Gasteiger partial charge is 0.494 e. The van der Waals surface area contributed by atoms with Gasteiger partial charge in [0.2, 0.25) is 0 Å². The molecule has 2 N–H and O–H groups in total. The van der Waals surface area contributed by atoms with Gasteiger partial charge < -0.3 is 15.2 Å². The number of hydrogen-bond donors (Lipinski definition) is 2. The normalized spacial score (nSPS) is 10.4. The van der Waals surface area contributed by atoms with Gasteiger partial charge in [-0.2, -0.15) is 0 Å². The van der Waals surface area contributed by atoms with Gasteiger partial charge in [0.05, 0.1) is 13.2 Å². The number of nitrogens with one attached hydrogen (secondary N) is 1. The molecule has 4 heteroatoms. The molecule has 0 saturated heterocycles. The lowest BCUT2D eigenvalue weighted by Gasteiger charge is -2.12. The summed E-state index contributed by atoms with van der Waals surface area (Å²) in [5.74, 6) is 0.476. The van der Waals surface area contributed by atoms with Crippen molar-refractivity contribution in [3.63, 3.8) is 0 Å². The molecule has 0 aromatic heterocycles. The van der Waals surface area contributed by atoms with E-state index in [-0.39, 0.29) is 12.5 Å². The van der Waals surface area contributed by atoms with E-state index in [4.69, 9.17) is 4.74 Å². The highest BCUT2D eigenvalue weighted by molar-refractivity contribution is 6.05. The fourth-order valence-corrected chi connectivity index (χ4v) is 2.27. The molecule has 0 atom stereocenters. The zero-order valence-electron chi connectivity index (χ0n) is 13.1. The van der Waals surface area contributed by atoms with Crippen molar-refractivity contribution in [1.29, 1.82) is 0 Å². The van der Waals surface area contributed by atoms with Gasteiger partial charge in [0, 0.05) is 16.8 Å². The molecule has 116 valence electrons. The smallest absolute Gasteiger partial charge is 0.255 e. The molecule has 0 radical (unpaired) electrons. The number of anilines is 1. The average Bonchev–Trinajstić information content (AvgIpc) is 2.51. The van der Waals surface area contributed by atoms with Gasteiger partial charge in [-0.05, 0) is 56.2 Å². The molecule has 1 amide bonds. The molecule has 0 heterocycles. The highest BCUT2D eigenvalue weighted by Crippen LogP contribution is 2.24. The first-order valence-corrected chi connectivity index (χ1v) is 7.31. The van der Waals surface area contributed by atoms with Crippen molar-refractivity contribution in [2.75, 3.05) is 11.9 Å². The maximum Gasteiger partial charge on any atom is 0.255 e. The summed E-state index contributed by atoms with van der Waals surface area (Å²) in [7, 11) is 0. The number of carbonyl (C=O) groups is 1. The Morgan fingerprint density at radius 3 is 2.68 bits per heavy atom. The summed E-state index contributed by atoms with van der Waals surface area (Å²) in [6, 6.07) is 10.9. The van der Waals surface area contributed by atoms with Crippen LogP contribution in [0.25, 0.3) is 0 Å². The second-order valence-electron chi connectivity index (χ2n) is 5.12. The molecule has 22 heavy (non-hydrogen) atoms. The monoisotopic (exact) mass is 299 g/mol. The van der Waals surface area contributed by atoms with Crippen LogP contribution in [0.3, 0.4) is 0 Å². The van der Waals surface area contributed by atoms with E-state index < -0.39 is 0 Å². The van der Waals surface area contributed by atoms with Gasteiger partial charge in [0.25, 0.3) is 5.91 Å². The number of carbonyl (C=O) groups excluding carboxylic acids is 1. The molecular weight excluding hydrogens is 278 g/mol. The summed E-state index contributed by atoms with van der Waals surface area (Å²) >= 11 is 0. The van der Waals surface area contributed by atoms with Gasteiger partial charge in [0.15, 0.2) is 0 Å². The number of amides is 1.